The molecule has 0 spiro atoms. The molecule has 1 aliphatic carbocycles. The Morgan fingerprint density at radius 1 is 1.38 bits per heavy atom. The molecule has 0 unspecified atom stereocenters. The average molecular weight is 411 g/mol. The lowest BCUT2D eigenvalue weighted by atomic mass is 10.1. The maximum Gasteiger partial charge on any atom is 0.278 e. The fraction of sp³-hybridized carbons (Fsp3) is 0.409. The molecule has 0 bridgehead atoms. The summed E-state index contributed by atoms with van der Waals surface area (Å²) in [6, 6.07) is 10.2. The van der Waals surface area contributed by atoms with Crippen LogP contribution in [-0.4, -0.2) is 26.2 Å². The van der Waals surface area contributed by atoms with E-state index in [1.807, 2.05) is 25.1 Å². The van der Waals surface area contributed by atoms with Crippen LogP contribution >= 0.6 is 11.8 Å². The van der Waals surface area contributed by atoms with Gasteiger partial charge in [0.1, 0.15) is 5.52 Å². The molecule has 1 aliphatic rings. The molecule has 7 heteroatoms. The fourth-order valence-corrected chi connectivity index (χ4v) is 4.74. The minimum atomic E-state index is -0.0792. The summed E-state index contributed by atoms with van der Waals surface area (Å²) in [5, 5.41) is 3.73. The largest absolute Gasteiger partial charge is 0.353 e. The number of H-pyrrole nitrogens is 1. The molecule has 29 heavy (non-hydrogen) atoms. The van der Waals surface area contributed by atoms with E-state index < -0.39 is 0 Å². The van der Waals surface area contributed by atoms with Gasteiger partial charge in [0.15, 0.2) is 5.16 Å². The summed E-state index contributed by atoms with van der Waals surface area (Å²) in [6.45, 7) is 6.61. The van der Waals surface area contributed by atoms with Gasteiger partial charge in [-0.05, 0) is 42.9 Å². The van der Waals surface area contributed by atoms with Crippen molar-refractivity contribution in [1.82, 2.24) is 19.9 Å². The van der Waals surface area contributed by atoms with Crippen LogP contribution in [0.25, 0.3) is 11.0 Å². The third-order valence-electron chi connectivity index (χ3n) is 5.19. The summed E-state index contributed by atoms with van der Waals surface area (Å²) in [6.07, 6.45) is 1.92. The van der Waals surface area contributed by atoms with E-state index in [2.05, 4.69) is 41.3 Å². The Balaban J connectivity index is 1.51. The van der Waals surface area contributed by atoms with Gasteiger partial charge in [0.2, 0.25) is 5.91 Å². The maximum atomic E-state index is 12.9. The predicted octanol–water partition coefficient (Wildman–Crippen LogP) is 3.58. The Morgan fingerprint density at radius 2 is 2.17 bits per heavy atom. The molecule has 4 rings (SSSR count). The summed E-state index contributed by atoms with van der Waals surface area (Å²) in [5.41, 5.74) is 4.53. The molecule has 6 nitrogen and oxygen atoms in total. The smallest absolute Gasteiger partial charge is 0.278 e. The number of amides is 1. The molecular formula is C22H26N4O2S. The fourth-order valence-electron chi connectivity index (χ4n) is 3.92. The van der Waals surface area contributed by atoms with Crippen LogP contribution in [0.3, 0.4) is 0 Å². The minimum Gasteiger partial charge on any atom is -0.353 e. The van der Waals surface area contributed by atoms with Gasteiger partial charge in [0.05, 0.1) is 17.3 Å². The van der Waals surface area contributed by atoms with Crippen LogP contribution in [0.15, 0.2) is 40.3 Å². The number of nitrogens with zero attached hydrogens (tertiary/aromatic N) is 2. The van der Waals surface area contributed by atoms with Crippen molar-refractivity contribution in [3.8, 4) is 0 Å². The Kier molecular flexibility index (Phi) is 5.50. The Hall–Kier alpha value is -2.54. The zero-order chi connectivity index (χ0) is 20.5. The normalized spacial score (nSPS) is 15.8. The molecule has 0 fully saturated rings. The van der Waals surface area contributed by atoms with E-state index in [0.717, 1.165) is 18.5 Å². The highest BCUT2D eigenvalue weighted by molar-refractivity contribution is 7.99. The number of hydrogen-bond donors (Lipinski definition) is 2. The van der Waals surface area contributed by atoms with Gasteiger partial charge in [0, 0.05) is 12.2 Å². The predicted molar refractivity (Wildman–Crippen MR) is 116 cm³/mol. The molecule has 152 valence electrons. The first-order chi connectivity index (χ1) is 13.9. The van der Waals surface area contributed by atoms with Crippen LogP contribution in [0, 0.1) is 12.8 Å². The lowest BCUT2D eigenvalue weighted by molar-refractivity contribution is -0.119. The number of hydrogen-bond acceptors (Lipinski definition) is 4. The number of fused-ring (bicyclic) bond motifs is 2. The van der Waals surface area contributed by atoms with Gasteiger partial charge in [-0.15, -0.1) is 0 Å². The van der Waals surface area contributed by atoms with Crippen molar-refractivity contribution in [1.29, 1.82) is 0 Å². The summed E-state index contributed by atoms with van der Waals surface area (Å²) >= 11 is 1.33. The number of carbonyl (C=O) groups is 1. The van der Waals surface area contributed by atoms with Crippen LogP contribution < -0.4 is 10.9 Å². The minimum absolute atomic E-state index is 0.0348. The lowest BCUT2D eigenvalue weighted by Crippen LogP contribution is -2.30. The molecule has 0 radical (unpaired) electrons. The summed E-state index contributed by atoms with van der Waals surface area (Å²) in [5.74, 6) is 0.497. The van der Waals surface area contributed by atoms with Crippen molar-refractivity contribution in [3.63, 3.8) is 0 Å². The van der Waals surface area contributed by atoms with Crippen LogP contribution in [0.4, 0.5) is 0 Å². The summed E-state index contributed by atoms with van der Waals surface area (Å²) in [4.78, 5) is 33.3. The lowest BCUT2D eigenvalue weighted by Gasteiger charge is -2.16. The number of benzene rings is 1. The van der Waals surface area contributed by atoms with Crippen LogP contribution in [0.2, 0.25) is 0 Å². The van der Waals surface area contributed by atoms with Gasteiger partial charge >= 0.3 is 0 Å². The van der Waals surface area contributed by atoms with E-state index in [1.54, 1.807) is 4.57 Å². The highest BCUT2D eigenvalue weighted by atomic mass is 32.2. The number of aromatic nitrogens is 3. The quantitative estimate of drug-likeness (QED) is 0.481. The van der Waals surface area contributed by atoms with Gasteiger partial charge in [-0.2, -0.15) is 0 Å². The van der Waals surface area contributed by atoms with Crippen LogP contribution in [0.1, 0.15) is 43.1 Å². The Labute approximate surface area is 174 Å². The third kappa shape index (κ3) is 4.10. The molecular weight excluding hydrogens is 384 g/mol. The summed E-state index contributed by atoms with van der Waals surface area (Å²) in [7, 11) is 0. The van der Waals surface area contributed by atoms with Gasteiger partial charge in [-0.1, -0.05) is 49.9 Å². The zero-order valence-corrected chi connectivity index (χ0v) is 17.8. The monoisotopic (exact) mass is 410 g/mol. The highest BCUT2D eigenvalue weighted by Crippen LogP contribution is 2.30. The zero-order valence-electron chi connectivity index (χ0n) is 17.0. The molecule has 0 aliphatic heterocycles. The van der Waals surface area contributed by atoms with E-state index >= 15 is 0 Å². The number of nitrogens with one attached hydrogen (secondary N) is 2. The average Bonchev–Trinajstić information content (AvgIpc) is 3.26. The number of rotatable bonds is 6. The molecule has 1 atom stereocenters. The van der Waals surface area contributed by atoms with Gasteiger partial charge in [-0.3, -0.25) is 14.2 Å². The highest BCUT2D eigenvalue weighted by Gasteiger charge is 2.23. The molecule has 0 saturated carbocycles. The van der Waals surface area contributed by atoms with Crippen molar-refractivity contribution in [2.24, 2.45) is 5.92 Å². The van der Waals surface area contributed by atoms with E-state index in [-0.39, 0.29) is 23.3 Å². The third-order valence-corrected chi connectivity index (χ3v) is 6.16. The topological polar surface area (TPSA) is 79.8 Å². The molecule has 2 aromatic heterocycles. The van der Waals surface area contributed by atoms with Crippen molar-refractivity contribution >= 4 is 28.7 Å². The number of aryl methyl sites for hydroxylation is 2. The van der Waals surface area contributed by atoms with E-state index in [4.69, 9.17) is 0 Å². The standard InChI is InChI=1S/C22H26N4O2S/c1-13(2)11-26-21(28)20-18(10-14(3)23-20)25-22(26)29-12-19(27)24-17-9-8-15-6-4-5-7-16(15)17/h4-7,10,13,17,23H,8-9,11-12H2,1-3H3,(H,24,27)/t17-/m0/s1. The van der Waals surface area contributed by atoms with Crippen molar-refractivity contribution in [2.45, 2.75) is 51.4 Å². The maximum absolute atomic E-state index is 12.9. The van der Waals surface area contributed by atoms with Gasteiger partial charge in [-0.25, -0.2) is 4.98 Å². The molecule has 1 amide bonds. The van der Waals surface area contributed by atoms with E-state index in [0.29, 0.717) is 28.7 Å². The second-order valence-electron chi connectivity index (χ2n) is 8.06. The second-order valence-corrected chi connectivity index (χ2v) is 9.01. The number of aromatic amines is 1. The first-order valence-electron chi connectivity index (χ1n) is 10.0. The number of carbonyl (C=O) groups excluding carboxylic acids is 1. The molecule has 2 N–H and O–H groups in total. The van der Waals surface area contributed by atoms with Crippen LogP contribution in [-0.2, 0) is 17.8 Å². The molecule has 3 aromatic rings. The molecule has 0 saturated heterocycles. The van der Waals surface area contributed by atoms with Gasteiger partial charge in [0.25, 0.3) is 5.56 Å². The van der Waals surface area contributed by atoms with E-state index in [9.17, 15) is 9.59 Å². The van der Waals surface area contributed by atoms with E-state index in [1.165, 1.54) is 22.9 Å². The van der Waals surface area contributed by atoms with Crippen LogP contribution in [0.5, 0.6) is 0 Å². The summed E-state index contributed by atoms with van der Waals surface area (Å²) < 4.78 is 1.69. The first-order valence-corrected chi connectivity index (χ1v) is 11.0. The van der Waals surface area contributed by atoms with Crippen molar-refractivity contribution in [3.05, 3.63) is 57.5 Å². The molecule has 1 aromatic carbocycles. The second kappa shape index (κ2) is 8.06. The number of thioether (sulfide) groups is 1. The van der Waals surface area contributed by atoms with Gasteiger partial charge < -0.3 is 10.3 Å². The van der Waals surface area contributed by atoms with Crippen molar-refractivity contribution < 1.29 is 4.79 Å². The van der Waals surface area contributed by atoms with Crippen molar-refractivity contribution in [2.75, 3.05) is 5.75 Å². The SMILES string of the molecule is Cc1cc2nc(SCC(=O)N[C@H]3CCc4ccccc43)n(CC(C)C)c(=O)c2[nH]1. The molecule has 2 heterocycles. The Morgan fingerprint density at radius 3 is 2.97 bits per heavy atom. The first kappa shape index (κ1) is 19.8. The Bertz CT molecular complexity index is 1120.